The Morgan fingerprint density at radius 3 is 2.52 bits per heavy atom. The van der Waals surface area contributed by atoms with Gasteiger partial charge in [0.25, 0.3) is 0 Å². The Hall–Kier alpha value is -0.580. The van der Waals surface area contributed by atoms with Crippen molar-refractivity contribution in [1.82, 2.24) is 14.5 Å². The summed E-state index contributed by atoms with van der Waals surface area (Å²) in [7, 11) is 4.15. The SMILES string of the molecule is CCC(CC)c1ccc(Br)c2nc(Cl)n(CCN(C)C)c12. The van der Waals surface area contributed by atoms with E-state index in [0.717, 1.165) is 35.9 Å². The van der Waals surface area contributed by atoms with Gasteiger partial charge in [0.2, 0.25) is 5.28 Å². The molecule has 0 fully saturated rings. The number of imidazole rings is 1. The molecule has 2 rings (SSSR count). The summed E-state index contributed by atoms with van der Waals surface area (Å²) in [6, 6.07) is 4.31. The van der Waals surface area contributed by atoms with Gasteiger partial charge in [-0.3, -0.25) is 0 Å². The number of nitrogens with zero attached hydrogens (tertiary/aromatic N) is 3. The molecule has 0 aliphatic rings. The van der Waals surface area contributed by atoms with Gasteiger partial charge < -0.3 is 9.47 Å². The van der Waals surface area contributed by atoms with Crippen LogP contribution in [0.1, 0.15) is 38.2 Å². The summed E-state index contributed by atoms with van der Waals surface area (Å²) in [6.07, 6.45) is 2.26. The molecule has 116 valence electrons. The Labute approximate surface area is 140 Å². The van der Waals surface area contributed by atoms with Gasteiger partial charge >= 0.3 is 0 Å². The molecule has 0 atom stereocenters. The van der Waals surface area contributed by atoms with Crippen LogP contribution in [0.2, 0.25) is 5.28 Å². The van der Waals surface area contributed by atoms with Crippen LogP contribution < -0.4 is 0 Å². The molecule has 0 saturated heterocycles. The highest BCUT2D eigenvalue weighted by atomic mass is 79.9. The Bertz CT molecular complexity index is 617. The summed E-state index contributed by atoms with van der Waals surface area (Å²) in [6.45, 7) is 6.28. The van der Waals surface area contributed by atoms with Crippen molar-refractivity contribution < 1.29 is 0 Å². The number of fused-ring (bicyclic) bond motifs is 1. The van der Waals surface area contributed by atoms with Crippen molar-refractivity contribution in [3.63, 3.8) is 0 Å². The first-order chi connectivity index (χ1) is 9.99. The van der Waals surface area contributed by atoms with Crippen molar-refractivity contribution in [3.05, 3.63) is 27.5 Å². The van der Waals surface area contributed by atoms with E-state index in [1.165, 1.54) is 11.1 Å². The van der Waals surface area contributed by atoms with Crippen LogP contribution in [-0.2, 0) is 6.54 Å². The van der Waals surface area contributed by atoms with Crippen molar-refractivity contribution in [2.75, 3.05) is 20.6 Å². The standard InChI is InChI=1S/C16H23BrClN3/c1-5-11(6-2)12-7-8-13(17)14-15(12)21(16(18)19-14)10-9-20(3)4/h7-8,11H,5-6,9-10H2,1-4H3. The lowest BCUT2D eigenvalue weighted by molar-refractivity contribution is 0.386. The number of aromatic nitrogens is 2. The van der Waals surface area contributed by atoms with Crippen LogP contribution in [-0.4, -0.2) is 35.1 Å². The van der Waals surface area contributed by atoms with Crippen LogP contribution in [0.15, 0.2) is 16.6 Å². The van der Waals surface area contributed by atoms with Crippen LogP contribution in [0.5, 0.6) is 0 Å². The summed E-state index contributed by atoms with van der Waals surface area (Å²) in [5.41, 5.74) is 3.52. The van der Waals surface area contributed by atoms with Gasteiger partial charge in [-0.05, 0) is 72.0 Å². The van der Waals surface area contributed by atoms with Crippen molar-refractivity contribution in [1.29, 1.82) is 0 Å². The summed E-state index contributed by atoms with van der Waals surface area (Å²) < 4.78 is 3.16. The first kappa shape index (κ1) is 16.8. The molecule has 1 heterocycles. The highest BCUT2D eigenvalue weighted by Gasteiger charge is 2.19. The summed E-state index contributed by atoms with van der Waals surface area (Å²) in [5, 5.41) is 0.575. The second-order valence-corrected chi connectivity index (χ2v) is 6.88. The average molecular weight is 373 g/mol. The van der Waals surface area contributed by atoms with Crippen LogP contribution in [0, 0.1) is 0 Å². The number of likely N-dealkylation sites (N-methyl/N-ethyl adjacent to an activating group) is 1. The molecule has 21 heavy (non-hydrogen) atoms. The van der Waals surface area contributed by atoms with Gasteiger partial charge in [-0.2, -0.15) is 0 Å². The Kier molecular flexibility index (Phi) is 5.69. The molecule has 0 radical (unpaired) electrons. The summed E-state index contributed by atoms with van der Waals surface area (Å²) in [4.78, 5) is 6.73. The van der Waals surface area contributed by atoms with Crippen molar-refractivity contribution in [2.45, 2.75) is 39.2 Å². The quantitative estimate of drug-likeness (QED) is 0.718. The van der Waals surface area contributed by atoms with E-state index in [4.69, 9.17) is 11.6 Å². The predicted molar refractivity (Wildman–Crippen MR) is 94.3 cm³/mol. The molecule has 1 aromatic heterocycles. The fourth-order valence-corrected chi connectivity index (χ4v) is 3.43. The molecule has 5 heteroatoms. The fraction of sp³-hybridized carbons (Fsp3) is 0.562. The molecule has 0 unspecified atom stereocenters. The van der Waals surface area contributed by atoms with Crippen molar-refractivity contribution >= 4 is 38.6 Å². The molecule has 0 aliphatic heterocycles. The molecule has 3 nitrogen and oxygen atoms in total. The van der Waals surface area contributed by atoms with Gasteiger partial charge in [-0.25, -0.2) is 4.98 Å². The highest BCUT2D eigenvalue weighted by molar-refractivity contribution is 9.10. The van der Waals surface area contributed by atoms with E-state index < -0.39 is 0 Å². The minimum absolute atomic E-state index is 0.548. The lowest BCUT2D eigenvalue weighted by Gasteiger charge is -2.18. The van der Waals surface area contributed by atoms with Crippen molar-refractivity contribution in [3.8, 4) is 0 Å². The number of hydrogen-bond acceptors (Lipinski definition) is 2. The molecule has 2 aromatic rings. The third-order valence-electron chi connectivity index (χ3n) is 4.03. The van der Waals surface area contributed by atoms with Crippen molar-refractivity contribution in [2.24, 2.45) is 0 Å². The second kappa shape index (κ2) is 7.12. The normalized spacial score (nSPS) is 12.0. The predicted octanol–water partition coefficient (Wildman–Crippen LogP) is 4.92. The lowest BCUT2D eigenvalue weighted by Crippen LogP contribution is -2.18. The third kappa shape index (κ3) is 3.43. The molecule has 0 N–H and O–H groups in total. The summed E-state index contributed by atoms with van der Waals surface area (Å²) >= 11 is 10.0. The highest BCUT2D eigenvalue weighted by Crippen LogP contribution is 2.35. The smallest absolute Gasteiger partial charge is 0.203 e. The number of benzene rings is 1. The average Bonchev–Trinajstić information content (AvgIpc) is 2.78. The Morgan fingerprint density at radius 2 is 1.95 bits per heavy atom. The van der Waals surface area contributed by atoms with Gasteiger partial charge in [0.15, 0.2) is 0 Å². The molecular formula is C16H23BrClN3. The Morgan fingerprint density at radius 1 is 1.29 bits per heavy atom. The Balaban J connectivity index is 2.61. The van der Waals surface area contributed by atoms with E-state index in [9.17, 15) is 0 Å². The largest absolute Gasteiger partial charge is 0.313 e. The third-order valence-corrected chi connectivity index (χ3v) is 4.95. The zero-order valence-corrected chi connectivity index (χ0v) is 15.5. The maximum atomic E-state index is 6.40. The fourth-order valence-electron chi connectivity index (χ4n) is 2.77. The van der Waals surface area contributed by atoms with Crippen LogP contribution in [0.4, 0.5) is 0 Å². The second-order valence-electron chi connectivity index (χ2n) is 5.68. The van der Waals surface area contributed by atoms with Crippen LogP contribution >= 0.6 is 27.5 Å². The van der Waals surface area contributed by atoms with Gasteiger partial charge in [0.1, 0.15) is 5.52 Å². The maximum absolute atomic E-state index is 6.40. The molecule has 1 aromatic carbocycles. The minimum atomic E-state index is 0.548. The lowest BCUT2D eigenvalue weighted by atomic mass is 9.93. The molecule has 0 spiro atoms. The minimum Gasteiger partial charge on any atom is -0.313 e. The van der Waals surface area contributed by atoms with E-state index in [1.54, 1.807) is 0 Å². The number of rotatable bonds is 6. The van der Waals surface area contributed by atoms with E-state index in [2.05, 4.69) is 70.5 Å². The monoisotopic (exact) mass is 371 g/mol. The molecule has 0 saturated carbocycles. The van der Waals surface area contributed by atoms with Gasteiger partial charge in [0.05, 0.1) is 5.52 Å². The molecule has 0 bridgehead atoms. The van der Waals surface area contributed by atoms with Crippen LogP contribution in [0.25, 0.3) is 11.0 Å². The van der Waals surface area contributed by atoms with Gasteiger partial charge in [0, 0.05) is 17.6 Å². The van der Waals surface area contributed by atoms with E-state index in [-0.39, 0.29) is 0 Å². The zero-order chi connectivity index (χ0) is 15.6. The first-order valence-electron chi connectivity index (χ1n) is 7.48. The van der Waals surface area contributed by atoms with Gasteiger partial charge in [-0.1, -0.05) is 19.9 Å². The molecular weight excluding hydrogens is 350 g/mol. The molecule has 0 amide bonds. The summed E-state index contributed by atoms with van der Waals surface area (Å²) in [5.74, 6) is 0.548. The first-order valence-corrected chi connectivity index (χ1v) is 8.65. The topological polar surface area (TPSA) is 21.1 Å². The van der Waals surface area contributed by atoms with Crippen LogP contribution in [0.3, 0.4) is 0 Å². The van der Waals surface area contributed by atoms with E-state index in [0.29, 0.717) is 11.2 Å². The maximum Gasteiger partial charge on any atom is 0.203 e. The zero-order valence-electron chi connectivity index (χ0n) is 13.2. The number of halogens is 2. The van der Waals surface area contributed by atoms with E-state index in [1.807, 2.05) is 0 Å². The van der Waals surface area contributed by atoms with E-state index >= 15 is 0 Å². The van der Waals surface area contributed by atoms with Gasteiger partial charge in [-0.15, -0.1) is 0 Å². The molecule has 0 aliphatic carbocycles. The number of hydrogen-bond donors (Lipinski definition) is 0.